The van der Waals surface area contributed by atoms with Gasteiger partial charge in [-0.1, -0.05) is 66.2 Å². The molecule has 2 rings (SSSR count). The molecule has 0 saturated carbocycles. The molecule has 0 fully saturated rings. The van der Waals surface area contributed by atoms with Gasteiger partial charge in [0.15, 0.2) is 0 Å². The second-order valence-electron chi connectivity index (χ2n) is 8.43. The Bertz CT molecular complexity index is 511. The Morgan fingerprint density at radius 3 is 1.08 bits per heavy atom. The van der Waals surface area contributed by atoms with Crippen LogP contribution in [0.1, 0.15) is 77.6 Å². The van der Waals surface area contributed by atoms with E-state index in [0.717, 1.165) is 0 Å². The Labute approximate surface area is 186 Å². The summed E-state index contributed by atoms with van der Waals surface area (Å²) in [5, 5.41) is 0. The molecule has 0 saturated heterocycles. The molecule has 2 heteroatoms. The third-order valence-electron chi connectivity index (χ3n) is 3.55. The van der Waals surface area contributed by atoms with Gasteiger partial charge in [-0.2, -0.15) is 60.4 Å². The van der Waals surface area contributed by atoms with Crippen molar-refractivity contribution in [3.8, 4) is 0 Å². The third kappa shape index (κ3) is 13.8. The number of aryl methyl sites for hydroxylation is 2. The molecule has 0 aliphatic carbocycles. The first-order chi connectivity index (χ1) is 11.4. The molecule has 0 unspecified atom stereocenters. The quantitative estimate of drug-likeness (QED) is 0.334. The minimum Gasteiger partial charge on any atom is -0.533 e. The molecule has 0 aliphatic heterocycles. The van der Waals surface area contributed by atoms with E-state index in [9.17, 15) is 0 Å². The molecule has 0 N–H and O–H groups in total. The van der Waals surface area contributed by atoms with E-state index in [1.54, 1.807) is 0 Å². The smallest absolute Gasteiger partial charge is 0.533 e. The second-order valence-corrected chi connectivity index (χ2v) is 8.43. The van der Waals surface area contributed by atoms with Crippen LogP contribution in [0.2, 0.25) is 0 Å². The molecule has 0 aliphatic rings. The minimum absolute atomic E-state index is 0. The van der Waals surface area contributed by atoms with Crippen molar-refractivity contribution in [2.75, 3.05) is 0 Å². The Hall–Kier alpha value is -0.330. The van der Waals surface area contributed by atoms with Gasteiger partial charge in [-0.05, 0) is 0 Å². The van der Waals surface area contributed by atoms with Crippen LogP contribution in [0.15, 0.2) is 36.4 Å². The predicted octanol–water partition coefficient (Wildman–Crippen LogP) is 6.18. The van der Waals surface area contributed by atoms with Crippen molar-refractivity contribution in [2.45, 2.75) is 80.1 Å². The Morgan fingerprint density at radius 1 is 0.769 bits per heavy atom. The summed E-state index contributed by atoms with van der Waals surface area (Å²) in [4.78, 5) is 0. The minimum atomic E-state index is 0. The molecule has 2 aromatic rings. The maximum absolute atomic E-state index is 4.53. The van der Waals surface area contributed by atoms with Crippen molar-refractivity contribution in [1.82, 2.24) is 0 Å². The van der Waals surface area contributed by atoms with E-state index >= 15 is 0 Å². The van der Waals surface area contributed by atoms with Crippen LogP contribution in [-0.4, -0.2) is 16.0 Å². The molecule has 0 amide bonds. The molecule has 0 aromatic heterocycles. The Morgan fingerprint density at radius 2 is 1.00 bits per heavy atom. The van der Waals surface area contributed by atoms with Gasteiger partial charge in [-0.15, -0.1) is 0 Å². The van der Waals surface area contributed by atoms with Gasteiger partial charge in [0.05, 0.1) is 0 Å². The van der Waals surface area contributed by atoms with Crippen molar-refractivity contribution in [1.29, 1.82) is 0 Å². The fourth-order valence-corrected chi connectivity index (χ4v) is 2.06. The topological polar surface area (TPSA) is 0 Å². The standard InChI is InChI=1S/2C10H15.C3H7.CH3Si.Zr/c2*1-8-5-6-9(7-8)10(2,3)4;1-3-2;1-2;/h2*5-7H,1-4H3;3H,1-2H3;1H,2H2;/q4*-1;+4. The van der Waals surface area contributed by atoms with Gasteiger partial charge < -0.3 is 12.6 Å². The molecule has 0 nitrogen and oxygen atoms in total. The summed E-state index contributed by atoms with van der Waals surface area (Å²) < 4.78 is 0. The zero-order chi connectivity index (χ0) is 20.3. The van der Waals surface area contributed by atoms with Gasteiger partial charge in [0.2, 0.25) is 0 Å². The van der Waals surface area contributed by atoms with E-state index in [1.807, 2.05) is 20.3 Å². The van der Waals surface area contributed by atoms with Crippen molar-refractivity contribution in [2.24, 2.45) is 0 Å². The van der Waals surface area contributed by atoms with E-state index in [2.05, 4.69) is 98.0 Å². The van der Waals surface area contributed by atoms with E-state index in [-0.39, 0.29) is 26.2 Å². The largest absolute Gasteiger partial charge is 4.00 e. The molecule has 0 heterocycles. The van der Waals surface area contributed by atoms with E-state index in [1.165, 1.54) is 32.1 Å². The van der Waals surface area contributed by atoms with Crippen LogP contribution >= 0.6 is 0 Å². The first kappa shape index (κ1) is 30.4. The monoisotopic (exact) mass is 446 g/mol. The number of hydrogen-bond acceptors (Lipinski definition) is 0. The first-order valence-electron chi connectivity index (χ1n) is 9.04. The molecule has 0 atom stereocenters. The summed E-state index contributed by atoms with van der Waals surface area (Å²) in [7, 11) is 1.36. The Kier molecular flexibility index (Phi) is 17.2. The van der Waals surface area contributed by atoms with Gasteiger partial charge in [0, 0.05) is 0 Å². The second kappa shape index (κ2) is 14.7. The van der Waals surface area contributed by atoms with Crippen molar-refractivity contribution < 1.29 is 26.2 Å². The normalized spacial score (nSPS) is 10.1. The Balaban J connectivity index is -0.000000317. The van der Waals surface area contributed by atoms with E-state index in [4.69, 9.17) is 0 Å². The van der Waals surface area contributed by atoms with Crippen molar-refractivity contribution in [3.05, 3.63) is 65.1 Å². The average molecular weight is 448 g/mol. The van der Waals surface area contributed by atoms with Gasteiger partial charge in [0.1, 0.15) is 0 Å². The van der Waals surface area contributed by atoms with Crippen LogP contribution in [-0.2, 0) is 37.0 Å². The third-order valence-corrected chi connectivity index (χ3v) is 3.55. The predicted molar refractivity (Wildman–Crippen MR) is 121 cm³/mol. The molecule has 0 bridgehead atoms. The van der Waals surface area contributed by atoms with Gasteiger partial charge in [-0.25, -0.2) is 22.0 Å². The van der Waals surface area contributed by atoms with E-state index < -0.39 is 0 Å². The molecular formula is C24H40SiZr. The zero-order valence-electron chi connectivity index (χ0n) is 18.8. The molecule has 0 radical (unpaired) electrons. The van der Waals surface area contributed by atoms with Crippen LogP contribution in [0.25, 0.3) is 0 Å². The molecular weight excluding hydrogens is 408 g/mol. The summed E-state index contributed by atoms with van der Waals surface area (Å²) in [6, 6.07) is 13.2. The molecule has 2 aromatic carbocycles. The van der Waals surface area contributed by atoms with Crippen molar-refractivity contribution >= 4 is 16.0 Å². The van der Waals surface area contributed by atoms with Crippen LogP contribution in [0.5, 0.6) is 0 Å². The van der Waals surface area contributed by atoms with Crippen LogP contribution in [0, 0.1) is 20.3 Å². The molecule has 144 valence electrons. The van der Waals surface area contributed by atoms with Crippen LogP contribution in [0.4, 0.5) is 0 Å². The maximum Gasteiger partial charge on any atom is 4.00 e. The van der Waals surface area contributed by atoms with Gasteiger partial charge >= 0.3 is 26.2 Å². The summed E-state index contributed by atoms with van der Waals surface area (Å²) in [6.45, 7) is 21.7. The number of hydrogen-bond donors (Lipinski definition) is 0. The van der Waals surface area contributed by atoms with Crippen molar-refractivity contribution in [3.63, 3.8) is 0 Å². The van der Waals surface area contributed by atoms with Crippen LogP contribution < -0.4 is 0 Å². The number of rotatable bonds is 0. The first-order valence-corrected chi connectivity index (χ1v) is 9.86. The zero-order valence-corrected chi connectivity index (χ0v) is 22.7. The fraction of sp³-hybridized carbons (Fsp3) is 0.500. The average Bonchev–Trinajstić information content (AvgIpc) is 3.10. The SMILES string of the molecule is C[CH-]C.Cc1cc(C(C)(C)C)c[cH-]1.Cc1cc(C(C)(C)C)c[cH-]1.[CH-]=[SiH2].[Zr+4]. The van der Waals surface area contributed by atoms with Crippen LogP contribution in [0.3, 0.4) is 0 Å². The maximum atomic E-state index is 4.53. The van der Waals surface area contributed by atoms with Gasteiger partial charge in [-0.3, -0.25) is 0 Å². The summed E-state index contributed by atoms with van der Waals surface area (Å²) in [5.74, 6) is 0. The van der Waals surface area contributed by atoms with Gasteiger partial charge in [0.25, 0.3) is 0 Å². The summed E-state index contributed by atoms with van der Waals surface area (Å²) in [5.41, 5.74) is 6.23. The molecule has 0 spiro atoms. The molecule has 26 heavy (non-hydrogen) atoms. The summed E-state index contributed by atoms with van der Waals surface area (Å²) >= 11 is 0. The summed E-state index contributed by atoms with van der Waals surface area (Å²) in [6.07, 6.45) is 6.53. The van der Waals surface area contributed by atoms with E-state index in [0.29, 0.717) is 10.8 Å². The fourth-order valence-electron chi connectivity index (χ4n) is 2.06.